The molecule has 6 nitrogen and oxygen atoms in total. The molecular weight excluding hydrogens is 356 g/mol. The molecule has 0 saturated carbocycles. The Balaban J connectivity index is 1.60. The molecule has 1 aliphatic heterocycles. The molecule has 0 bridgehead atoms. The molecule has 1 aromatic rings. The highest BCUT2D eigenvalue weighted by molar-refractivity contribution is 6.04. The number of hydrogen-bond donors (Lipinski definition) is 0. The standard InChI is InChI=1S/C22H32N2O4/c1-5-17(6-2)23-7-9-24(10-8-23)21(25)13-16-11-15-12-19(27-3)20(28-4)14-18(15)22(16)26/h12,14,16-17H,5-11,13H2,1-4H3. The van der Waals surface area contributed by atoms with E-state index in [2.05, 4.69) is 18.7 Å². The summed E-state index contributed by atoms with van der Waals surface area (Å²) in [6, 6.07) is 4.22. The maximum Gasteiger partial charge on any atom is 0.223 e. The smallest absolute Gasteiger partial charge is 0.223 e. The van der Waals surface area contributed by atoms with Crippen LogP contribution < -0.4 is 9.47 Å². The summed E-state index contributed by atoms with van der Waals surface area (Å²) in [5, 5.41) is 0. The van der Waals surface area contributed by atoms with Crippen LogP contribution in [-0.4, -0.2) is 67.9 Å². The Hall–Kier alpha value is -2.08. The van der Waals surface area contributed by atoms with Crippen molar-refractivity contribution >= 4 is 11.7 Å². The topological polar surface area (TPSA) is 59.1 Å². The van der Waals surface area contributed by atoms with Crippen molar-refractivity contribution < 1.29 is 19.1 Å². The predicted molar refractivity (Wildman–Crippen MR) is 108 cm³/mol. The van der Waals surface area contributed by atoms with E-state index >= 15 is 0 Å². The second-order valence-corrected chi connectivity index (χ2v) is 7.72. The van der Waals surface area contributed by atoms with Crippen LogP contribution in [0.5, 0.6) is 11.5 Å². The zero-order valence-electron chi connectivity index (χ0n) is 17.5. The molecule has 1 unspecified atom stereocenters. The first kappa shape index (κ1) is 20.6. The van der Waals surface area contributed by atoms with Crippen molar-refractivity contribution in [3.63, 3.8) is 0 Å². The van der Waals surface area contributed by atoms with Crippen molar-refractivity contribution in [3.05, 3.63) is 23.3 Å². The number of hydrogen-bond acceptors (Lipinski definition) is 5. The van der Waals surface area contributed by atoms with E-state index in [1.807, 2.05) is 11.0 Å². The highest BCUT2D eigenvalue weighted by atomic mass is 16.5. The van der Waals surface area contributed by atoms with Crippen LogP contribution >= 0.6 is 0 Å². The third-order valence-electron chi connectivity index (χ3n) is 6.26. The van der Waals surface area contributed by atoms with Gasteiger partial charge in [-0.15, -0.1) is 0 Å². The van der Waals surface area contributed by atoms with E-state index in [4.69, 9.17) is 9.47 Å². The highest BCUT2D eigenvalue weighted by Gasteiger charge is 2.35. The minimum absolute atomic E-state index is 0.0416. The Morgan fingerprint density at radius 3 is 2.25 bits per heavy atom. The fourth-order valence-electron chi connectivity index (χ4n) is 4.54. The summed E-state index contributed by atoms with van der Waals surface area (Å²) < 4.78 is 10.7. The van der Waals surface area contributed by atoms with E-state index in [-0.39, 0.29) is 24.0 Å². The zero-order chi connectivity index (χ0) is 20.3. The molecule has 0 spiro atoms. The number of nitrogens with zero attached hydrogens (tertiary/aromatic N) is 2. The number of ketones is 1. The van der Waals surface area contributed by atoms with Crippen molar-refractivity contribution in [2.24, 2.45) is 5.92 Å². The summed E-state index contributed by atoms with van der Waals surface area (Å²) >= 11 is 0. The van der Waals surface area contributed by atoms with Crippen LogP contribution in [0, 0.1) is 5.92 Å². The fraction of sp³-hybridized carbons (Fsp3) is 0.636. The molecular formula is C22H32N2O4. The Bertz CT molecular complexity index is 721. The number of rotatable bonds is 7. The van der Waals surface area contributed by atoms with E-state index in [9.17, 15) is 9.59 Å². The Labute approximate surface area is 167 Å². The molecule has 6 heteroatoms. The average molecular weight is 389 g/mol. The van der Waals surface area contributed by atoms with Gasteiger partial charge < -0.3 is 14.4 Å². The molecule has 1 atom stereocenters. The molecule has 28 heavy (non-hydrogen) atoms. The highest BCUT2D eigenvalue weighted by Crippen LogP contribution is 2.37. The van der Waals surface area contributed by atoms with Crippen molar-refractivity contribution in [2.45, 2.75) is 45.6 Å². The third kappa shape index (κ3) is 4.02. The number of ether oxygens (including phenoxy) is 2. The number of piperazine rings is 1. The monoisotopic (exact) mass is 388 g/mol. The number of carbonyl (C=O) groups is 2. The first-order valence-corrected chi connectivity index (χ1v) is 10.3. The minimum Gasteiger partial charge on any atom is -0.493 e. The molecule has 1 aromatic carbocycles. The van der Waals surface area contributed by atoms with Gasteiger partial charge in [-0.1, -0.05) is 13.8 Å². The van der Waals surface area contributed by atoms with Crippen LogP contribution in [0.25, 0.3) is 0 Å². The van der Waals surface area contributed by atoms with Crippen LogP contribution in [0.1, 0.15) is 49.0 Å². The summed E-state index contributed by atoms with van der Waals surface area (Å²) in [6.07, 6.45) is 3.16. The Morgan fingerprint density at radius 2 is 1.68 bits per heavy atom. The summed E-state index contributed by atoms with van der Waals surface area (Å²) in [7, 11) is 3.15. The zero-order valence-corrected chi connectivity index (χ0v) is 17.5. The molecule has 1 saturated heterocycles. The van der Waals surface area contributed by atoms with Gasteiger partial charge in [-0.05, 0) is 37.0 Å². The van der Waals surface area contributed by atoms with E-state index in [1.54, 1.807) is 20.3 Å². The first-order valence-electron chi connectivity index (χ1n) is 10.3. The molecule has 1 heterocycles. The summed E-state index contributed by atoms with van der Waals surface area (Å²) in [5.74, 6) is 1.03. The normalized spacial score (nSPS) is 19.8. The second-order valence-electron chi connectivity index (χ2n) is 7.72. The van der Waals surface area contributed by atoms with Crippen LogP contribution in [0.4, 0.5) is 0 Å². The molecule has 0 radical (unpaired) electrons. The number of amides is 1. The fourth-order valence-corrected chi connectivity index (χ4v) is 4.54. The quantitative estimate of drug-likeness (QED) is 0.719. The first-order chi connectivity index (χ1) is 13.5. The van der Waals surface area contributed by atoms with Crippen LogP contribution in [0.2, 0.25) is 0 Å². The van der Waals surface area contributed by atoms with Gasteiger partial charge in [-0.25, -0.2) is 0 Å². The molecule has 154 valence electrons. The van der Waals surface area contributed by atoms with Crippen molar-refractivity contribution in [1.82, 2.24) is 9.80 Å². The molecule has 0 N–H and O–H groups in total. The number of benzene rings is 1. The lowest BCUT2D eigenvalue weighted by molar-refractivity contribution is -0.134. The second kappa shape index (κ2) is 8.95. The van der Waals surface area contributed by atoms with Gasteiger partial charge in [-0.2, -0.15) is 0 Å². The van der Waals surface area contributed by atoms with Crippen LogP contribution in [0.15, 0.2) is 12.1 Å². The van der Waals surface area contributed by atoms with Gasteiger partial charge in [0.2, 0.25) is 5.91 Å². The van der Waals surface area contributed by atoms with Gasteiger partial charge in [0.25, 0.3) is 0 Å². The molecule has 3 rings (SSSR count). The number of carbonyl (C=O) groups excluding carboxylic acids is 2. The number of methoxy groups -OCH3 is 2. The van der Waals surface area contributed by atoms with Gasteiger partial charge in [0.1, 0.15) is 0 Å². The molecule has 0 aromatic heterocycles. The number of fused-ring (bicyclic) bond motifs is 1. The summed E-state index contributed by atoms with van der Waals surface area (Å²) in [5.41, 5.74) is 1.60. The van der Waals surface area contributed by atoms with E-state index in [0.29, 0.717) is 29.5 Å². The minimum atomic E-state index is -0.281. The molecule has 1 amide bonds. The summed E-state index contributed by atoms with van der Waals surface area (Å²) in [6.45, 7) is 7.80. The van der Waals surface area contributed by atoms with Gasteiger partial charge >= 0.3 is 0 Å². The van der Waals surface area contributed by atoms with E-state index < -0.39 is 0 Å². The van der Waals surface area contributed by atoms with Crippen molar-refractivity contribution in [3.8, 4) is 11.5 Å². The lowest BCUT2D eigenvalue weighted by atomic mass is 10.00. The largest absolute Gasteiger partial charge is 0.493 e. The van der Waals surface area contributed by atoms with Gasteiger partial charge in [0, 0.05) is 50.1 Å². The van der Waals surface area contributed by atoms with Crippen LogP contribution in [-0.2, 0) is 11.2 Å². The maximum atomic E-state index is 12.8. The Morgan fingerprint density at radius 1 is 1.07 bits per heavy atom. The third-order valence-corrected chi connectivity index (χ3v) is 6.26. The number of Topliss-reactive ketones (excluding diaryl/α,β-unsaturated/α-hetero) is 1. The lowest BCUT2D eigenvalue weighted by Gasteiger charge is -2.39. The van der Waals surface area contributed by atoms with Crippen molar-refractivity contribution in [2.75, 3.05) is 40.4 Å². The average Bonchev–Trinajstić information content (AvgIpc) is 3.02. The van der Waals surface area contributed by atoms with Gasteiger partial charge in [0.15, 0.2) is 17.3 Å². The molecule has 1 fully saturated rings. The SMILES string of the molecule is CCC(CC)N1CCN(C(=O)CC2Cc3cc(OC)c(OC)cc3C2=O)CC1. The van der Waals surface area contributed by atoms with Gasteiger partial charge in [0.05, 0.1) is 14.2 Å². The lowest BCUT2D eigenvalue weighted by Crippen LogP contribution is -2.52. The van der Waals surface area contributed by atoms with Gasteiger partial charge in [-0.3, -0.25) is 14.5 Å². The van der Waals surface area contributed by atoms with Crippen LogP contribution in [0.3, 0.4) is 0 Å². The Kier molecular flexibility index (Phi) is 6.60. The van der Waals surface area contributed by atoms with Crippen molar-refractivity contribution in [1.29, 1.82) is 0 Å². The predicted octanol–water partition coefficient (Wildman–Crippen LogP) is 2.78. The molecule has 1 aliphatic carbocycles. The summed E-state index contributed by atoms with van der Waals surface area (Å²) in [4.78, 5) is 30.1. The van der Waals surface area contributed by atoms with E-state index in [1.165, 1.54) is 0 Å². The molecule has 2 aliphatic rings. The van der Waals surface area contributed by atoms with E-state index in [0.717, 1.165) is 44.6 Å². The maximum absolute atomic E-state index is 12.8.